The summed E-state index contributed by atoms with van der Waals surface area (Å²) in [6, 6.07) is 7.98. The van der Waals surface area contributed by atoms with E-state index in [4.69, 9.17) is 4.74 Å². The minimum Gasteiger partial charge on any atom is -0.424 e. The van der Waals surface area contributed by atoms with E-state index in [2.05, 4.69) is 47.8 Å². The summed E-state index contributed by atoms with van der Waals surface area (Å²) in [4.78, 5) is 12.0. The van der Waals surface area contributed by atoms with E-state index < -0.39 is 17.7 Å². The maximum atomic E-state index is 12.7. The van der Waals surface area contributed by atoms with Crippen molar-refractivity contribution in [3.05, 3.63) is 60.9 Å². The van der Waals surface area contributed by atoms with Gasteiger partial charge >= 0.3 is 12.1 Å². The van der Waals surface area contributed by atoms with Crippen LogP contribution in [0.4, 0.5) is 13.2 Å². The van der Waals surface area contributed by atoms with Gasteiger partial charge in [0.25, 0.3) is 0 Å². The highest BCUT2D eigenvalue weighted by atomic mass is 79.9. The highest BCUT2D eigenvalue weighted by Gasteiger charge is 2.30. The average Bonchev–Trinajstić information content (AvgIpc) is 2.42. The van der Waals surface area contributed by atoms with Gasteiger partial charge in [0.05, 0.1) is 20.9 Å². The first-order valence-corrected chi connectivity index (χ1v) is 8.56. The fraction of sp³-hybridized carbons (Fsp3) is 0.133. The molecule has 122 valence electrons. The van der Waals surface area contributed by atoms with Gasteiger partial charge < -0.3 is 4.74 Å². The van der Waals surface area contributed by atoms with Crippen LogP contribution in [0.3, 0.4) is 0 Å². The number of halogens is 6. The molecule has 0 bridgehead atoms. The topological polar surface area (TPSA) is 26.3 Å². The fourth-order valence-electron chi connectivity index (χ4n) is 1.80. The Hall–Kier alpha value is -0.860. The fourth-order valence-corrected chi connectivity index (χ4v) is 4.22. The van der Waals surface area contributed by atoms with Gasteiger partial charge in [-0.05, 0) is 55.6 Å². The summed E-state index contributed by atoms with van der Waals surface area (Å²) < 4.78 is 45.1. The smallest absolute Gasteiger partial charge is 0.416 e. The Kier molecular flexibility index (Phi) is 5.91. The maximum absolute atomic E-state index is 12.7. The molecule has 0 saturated carbocycles. The zero-order valence-corrected chi connectivity index (χ0v) is 16.0. The van der Waals surface area contributed by atoms with Gasteiger partial charge in [0.15, 0.2) is 5.75 Å². The van der Waals surface area contributed by atoms with Crippen LogP contribution >= 0.6 is 47.8 Å². The maximum Gasteiger partial charge on any atom is 0.416 e. The molecule has 2 aromatic carbocycles. The quantitative estimate of drug-likeness (QED) is 0.362. The third-order valence-electron chi connectivity index (χ3n) is 2.78. The summed E-state index contributed by atoms with van der Waals surface area (Å²) in [6.45, 7) is 0. The van der Waals surface area contributed by atoms with Gasteiger partial charge in [0.1, 0.15) is 0 Å². The second kappa shape index (κ2) is 7.36. The molecular weight excluding hydrogens is 509 g/mol. The van der Waals surface area contributed by atoms with Crippen molar-refractivity contribution in [1.29, 1.82) is 0 Å². The Morgan fingerprint density at radius 2 is 1.65 bits per heavy atom. The van der Waals surface area contributed by atoms with Gasteiger partial charge in [-0.15, -0.1) is 0 Å². The normalized spacial score (nSPS) is 11.4. The molecule has 0 heterocycles. The van der Waals surface area contributed by atoms with E-state index in [1.54, 1.807) is 12.1 Å². The summed E-state index contributed by atoms with van der Waals surface area (Å²) in [5.74, 6) is -0.391. The van der Waals surface area contributed by atoms with Gasteiger partial charge in [-0.1, -0.05) is 34.1 Å². The van der Waals surface area contributed by atoms with Crippen molar-refractivity contribution in [2.45, 2.75) is 12.6 Å². The van der Waals surface area contributed by atoms with Crippen molar-refractivity contribution in [3.8, 4) is 5.75 Å². The largest absolute Gasteiger partial charge is 0.424 e. The Balaban J connectivity index is 2.15. The van der Waals surface area contributed by atoms with Crippen LogP contribution in [0, 0.1) is 0 Å². The number of ether oxygens (including phenoxy) is 1. The van der Waals surface area contributed by atoms with Crippen LogP contribution in [-0.4, -0.2) is 5.97 Å². The van der Waals surface area contributed by atoms with Crippen molar-refractivity contribution < 1.29 is 22.7 Å². The van der Waals surface area contributed by atoms with E-state index in [-0.39, 0.29) is 17.7 Å². The Bertz CT molecular complexity index is 722. The molecule has 0 spiro atoms. The van der Waals surface area contributed by atoms with E-state index in [9.17, 15) is 18.0 Å². The van der Waals surface area contributed by atoms with Gasteiger partial charge in [-0.25, -0.2) is 0 Å². The number of hydrogen-bond acceptors (Lipinski definition) is 2. The molecule has 2 rings (SSSR count). The lowest BCUT2D eigenvalue weighted by Gasteiger charge is -2.11. The van der Waals surface area contributed by atoms with Crippen LogP contribution in [-0.2, 0) is 17.4 Å². The molecule has 0 saturated heterocycles. The van der Waals surface area contributed by atoms with Crippen LogP contribution in [0.5, 0.6) is 5.75 Å². The van der Waals surface area contributed by atoms with Gasteiger partial charge in [-0.2, -0.15) is 13.2 Å². The summed E-state index contributed by atoms with van der Waals surface area (Å²) >= 11 is 9.81. The first-order chi connectivity index (χ1) is 10.7. The van der Waals surface area contributed by atoms with E-state index >= 15 is 0 Å². The third-order valence-corrected chi connectivity index (χ3v) is 4.42. The first kappa shape index (κ1) is 18.5. The molecule has 0 radical (unpaired) electrons. The number of alkyl halides is 3. The van der Waals surface area contributed by atoms with E-state index in [0.29, 0.717) is 8.95 Å². The van der Waals surface area contributed by atoms with Crippen LogP contribution in [0.1, 0.15) is 11.1 Å². The van der Waals surface area contributed by atoms with Crippen molar-refractivity contribution in [2.24, 2.45) is 0 Å². The van der Waals surface area contributed by atoms with Crippen molar-refractivity contribution in [1.82, 2.24) is 0 Å². The standard InChI is InChI=1S/C15H8Br3F3O2/c16-10-6-11(17)14(12(18)7-10)23-13(22)5-8-2-1-3-9(4-8)15(19,20)21/h1-4,6-7H,5H2. The molecule has 0 N–H and O–H groups in total. The summed E-state index contributed by atoms with van der Waals surface area (Å²) in [5.41, 5.74) is -0.567. The molecular formula is C15H8Br3F3O2. The van der Waals surface area contributed by atoms with E-state index in [1.807, 2.05) is 0 Å². The van der Waals surface area contributed by atoms with Gasteiger partial charge in [0, 0.05) is 4.47 Å². The van der Waals surface area contributed by atoms with Crippen LogP contribution in [0.15, 0.2) is 49.8 Å². The van der Waals surface area contributed by atoms with E-state index in [1.165, 1.54) is 12.1 Å². The third kappa shape index (κ3) is 5.06. The number of rotatable bonds is 3. The average molecular weight is 517 g/mol. The van der Waals surface area contributed by atoms with Crippen molar-refractivity contribution in [2.75, 3.05) is 0 Å². The summed E-state index contributed by atoms with van der Waals surface area (Å²) in [7, 11) is 0. The van der Waals surface area contributed by atoms with Crippen molar-refractivity contribution in [3.63, 3.8) is 0 Å². The summed E-state index contributed by atoms with van der Waals surface area (Å²) in [5, 5.41) is 0. The van der Waals surface area contributed by atoms with Crippen LogP contribution < -0.4 is 4.74 Å². The molecule has 0 aromatic heterocycles. The number of esters is 1. The minimum atomic E-state index is -4.45. The Morgan fingerprint density at radius 1 is 1.04 bits per heavy atom. The lowest BCUT2D eigenvalue weighted by atomic mass is 10.1. The highest BCUT2D eigenvalue weighted by Crippen LogP contribution is 2.36. The number of hydrogen-bond donors (Lipinski definition) is 0. The summed E-state index contributed by atoms with van der Waals surface area (Å²) in [6.07, 6.45) is -4.71. The molecule has 0 fully saturated rings. The monoisotopic (exact) mass is 514 g/mol. The van der Waals surface area contributed by atoms with Gasteiger partial charge in [0.2, 0.25) is 0 Å². The molecule has 0 aliphatic rings. The lowest BCUT2D eigenvalue weighted by molar-refractivity contribution is -0.138. The SMILES string of the molecule is O=C(Cc1cccc(C(F)(F)F)c1)Oc1c(Br)cc(Br)cc1Br. The molecule has 2 aromatic rings. The zero-order valence-electron chi connectivity index (χ0n) is 11.3. The highest BCUT2D eigenvalue weighted by molar-refractivity contribution is 9.11. The first-order valence-electron chi connectivity index (χ1n) is 6.18. The minimum absolute atomic E-state index is 0.231. The molecule has 8 heteroatoms. The zero-order chi connectivity index (χ0) is 17.2. The van der Waals surface area contributed by atoms with E-state index in [0.717, 1.165) is 16.6 Å². The van der Waals surface area contributed by atoms with Crippen LogP contribution in [0.2, 0.25) is 0 Å². The predicted molar refractivity (Wildman–Crippen MR) is 90.3 cm³/mol. The number of benzene rings is 2. The molecule has 23 heavy (non-hydrogen) atoms. The number of carbonyl (C=O) groups is 1. The molecule has 0 unspecified atom stereocenters. The second-order valence-corrected chi connectivity index (χ2v) is 7.17. The molecule has 0 atom stereocenters. The van der Waals surface area contributed by atoms with Crippen LogP contribution in [0.25, 0.3) is 0 Å². The number of carbonyl (C=O) groups excluding carboxylic acids is 1. The molecule has 0 aliphatic heterocycles. The second-order valence-electron chi connectivity index (χ2n) is 4.55. The molecule has 2 nitrogen and oxygen atoms in total. The lowest BCUT2D eigenvalue weighted by Crippen LogP contribution is -2.13. The molecule has 0 amide bonds. The predicted octanol–water partition coefficient (Wildman–Crippen LogP) is 6.14. The molecule has 0 aliphatic carbocycles. The Labute approximate surface area is 155 Å². The van der Waals surface area contributed by atoms with Gasteiger partial charge in [-0.3, -0.25) is 4.79 Å². The van der Waals surface area contributed by atoms with Crippen molar-refractivity contribution >= 4 is 53.8 Å². The Morgan fingerprint density at radius 3 is 2.22 bits per heavy atom.